The maximum Gasteiger partial charge on any atom is 0.229 e. The van der Waals surface area contributed by atoms with Gasteiger partial charge in [-0.2, -0.15) is 0 Å². The van der Waals surface area contributed by atoms with Crippen molar-refractivity contribution < 1.29 is 28.2 Å². The van der Waals surface area contributed by atoms with Gasteiger partial charge < -0.3 is 10.2 Å². The molecular formula is C24H33NO6S. The van der Waals surface area contributed by atoms with Crippen molar-refractivity contribution in [2.75, 3.05) is 12.3 Å². The molecule has 1 atom stereocenters. The largest absolute Gasteiger partial charge is 0.507 e. The van der Waals surface area contributed by atoms with Crippen molar-refractivity contribution >= 4 is 21.7 Å². The van der Waals surface area contributed by atoms with Crippen molar-refractivity contribution in [3.63, 3.8) is 0 Å². The van der Waals surface area contributed by atoms with E-state index in [4.69, 9.17) is 0 Å². The number of hydrogen-bond acceptors (Lipinski definition) is 6. The van der Waals surface area contributed by atoms with Gasteiger partial charge in [-0.15, -0.1) is 0 Å². The Morgan fingerprint density at radius 2 is 1.78 bits per heavy atom. The zero-order chi connectivity index (χ0) is 23.5. The Labute approximate surface area is 190 Å². The Morgan fingerprint density at radius 3 is 2.41 bits per heavy atom. The quantitative estimate of drug-likeness (QED) is 0.326. The molecule has 1 fully saturated rings. The highest BCUT2D eigenvalue weighted by atomic mass is 32.2. The Balaban J connectivity index is 2.01. The number of unbranched alkanes of at least 4 members (excludes halogenated alkanes) is 2. The second-order valence-electron chi connectivity index (χ2n) is 8.87. The van der Waals surface area contributed by atoms with Gasteiger partial charge in [0, 0.05) is 30.9 Å². The van der Waals surface area contributed by atoms with Crippen LogP contribution in [-0.4, -0.2) is 47.6 Å². The Hall–Kier alpha value is -2.35. The van der Waals surface area contributed by atoms with Crippen molar-refractivity contribution in [2.24, 2.45) is 0 Å². The van der Waals surface area contributed by atoms with E-state index in [1.807, 2.05) is 19.9 Å². The van der Waals surface area contributed by atoms with E-state index in [2.05, 4.69) is 0 Å². The number of aryl methyl sites for hydroxylation is 1. The second kappa shape index (κ2) is 10.1. The first kappa shape index (κ1) is 24.3. The van der Waals surface area contributed by atoms with E-state index in [0.717, 1.165) is 42.6 Å². The SMILES string of the molecule is CCCCCc1cc(O)c(C2C=C(C)CCC2)c(O)c1S(=O)(=O)CCN1C(=O)CCC1=O. The maximum atomic E-state index is 13.4. The summed E-state index contributed by atoms with van der Waals surface area (Å²) in [7, 11) is -4.01. The topological polar surface area (TPSA) is 112 Å². The summed E-state index contributed by atoms with van der Waals surface area (Å²) in [6, 6.07) is 1.47. The van der Waals surface area contributed by atoms with Crippen LogP contribution in [0.15, 0.2) is 22.6 Å². The predicted molar refractivity (Wildman–Crippen MR) is 121 cm³/mol. The van der Waals surface area contributed by atoms with E-state index in [-0.39, 0.29) is 53.3 Å². The number of phenols is 2. The number of sulfone groups is 1. The molecule has 1 heterocycles. The van der Waals surface area contributed by atoms with Crippen LogP contribution in [0.2, 0.25) is 0 Å². The summed E-state index contributed by atoms with van der Waals surface area (Å²) in [5, 5.41) is 21.9. The fourth-order valence-corrected chi connectivity index (χ4v) is 6.28. The molecule has 1 aromatic carbocycles. The standard InChI is InChI=1S/C24H33NO6S/c1-3-4-5-8-18-15-19(26)22(17-9-6-7-16(2)14-17)23(29)24(18)32(30,31)13-12-25-20(27)10-11-21(25)28/h14-15,17,26,29H,3-13H2,1-2H3. The van der Waals surface area contributed by atoms with Crippen LogP contribution in [0.4, 0.5) is 0 Å². The molecule has 0 aromatic heterocycles. The zero-order valence-corrected chi connectivity index (χ0v) is 19.7. The number of phenolic OH excluding ortho intramolecular Hbond substituents is 2. The number of carbonyl (C=O) groups excluding carboxylic acids is 2. The summed E-state index contributed by atoms with van der Waals surface area (Å²) < 4.78 is 26.8. The van der Waals surface area contributed by atoms with Crippen molar-refractivity contribution in [2.45, 2.75) is 82.4 Å². The minimum Gasteiger partial charge on any atom is -0.507 e. The molecule has 176 valence electrons. The van der Waals surface area contributed by atoms with Crippen LogP contribution in [0.5, 0.6) is 11.5 Å². The van der Waals surface area contributed by atoms with Gasteiger partial charge in [-0.3, -0.25) is 14.5 Å². The third-order valence-electron chi connectivity index (χ3n) is 6.39. The molecule has 0 saturated carbocycles. The van der Waals surface area contributed by atoms with Crippen LogP contribution in [0.25, 0.3) is 0 Å². The average Bonchev–Trinajstić information content (AvgIpc) is 3.04. The normalized spacial score (nSPS) is 19.5. The number of hydrogen-bond donors (Lipinski definition) is 2. The molecule has 0 bridgehead atoms. The smallest absolute Gasteiger partial charge is 0.229 e. The molecule has 1 aliphatic heterocycles. The number of likely N-dealkylation sites (tertiary alicyclic amines) is 1. The molecule has 1 aromatic rings. The molecule has 0 radical (unpaired) electrons. The molecule has 8 heteroatoms. The summed E-state index contributed by atoms with van der Waals surface area (Å²) >= 11 is 0. The van der Waals surface area contributed by atoms with Gasteiger partial charge in [-0.1, -0.05) is 31.4 Å². The van der Waals surface area contributed by atoms with Crippen LogP contribution in [0.1, 0.15) is 82.3 Å². The molecular weight excluding hydrogens is 430 g/mol. The fourth-order valence-electron chi connectivity index (χ4n) is 4.69. The number of benzene rings is 1. The Morgan fingerprint density at radius 1 is 1.09 bits per heavy atom. The highest BCUT2D eigenvalue weighted by Gasteiger charge is 2.34. The molecule has 1 aliphatic carbocycles. The van der Waals surface area contributed by atoms with Crippen LogP contribution in [0.3, 0.4) is 0 Å². The van der Waals surface area contributed by atoms with Crippen LogP contribution < -0.4 is 0 Å². The molecule has 3 rings (SSSR count). The summed E-state index contributed by atoms with van der Waals surface area (Å²) in [5.41, 5.74) is 1.77. The lowest BCUT2D eigenvalue weighted by Crippen LogP contribution is -2.34. The van der Waals surface area contributed by atoms with Crippen molar-refractivity contribution in [3.05, 3.63) is 28.8 Å². The van der Waals surface area contributed by atoms with E-state index in [0.29, 0.717) is 18.4 Å². The monoisotopic (exact) mass is 463 g/mol. The lowest BCUT2D eigenvalue weighted by molar-refractivity contribution is -0.137. The lowest BCUT2D eigenvalue weighted by atomic mass is 9.84. The minimum atomic E-state index is -4.01. The number of amides is 2. The van der Waals surface area contributed by atoms with Gasteiger partial charge in [-0.05, 0) is 50.7 Å². The summed E-state index contributed by atoms with van der Waals surface area (Å²) in [6.45, 7) is 3.80. The van der Waals surface area contributed by atoms with E-state index in [1.54, 1.807) is 0 Å². The Kier molecular flexibility index (Phi) is 7.64. The highest BCUT2D eigenvalue weighted by Crippen LogP contribution is 2.45. The third kappa shape index (κ3) is 5.17. The van der Waals surface area contributed by atoms with Gasteiger partial charge in [0.15, 0.2) is 9.84 Å². The van der Waals surface area contributed by atoms with E-state index in [9.17, 15) is 28.2 Å². The number of imide groups is 1. The molecule has 2 N–H and O–H groups in total. The highest BCUT2D eigenvalue weighted by molar-refractivity contribution is 7.91. The van der Waals surface area contributed by atoms with Gasteiger partial charge in [-0.25, -0.2) is 8.42 Å². The second-order valence-corrected chi connectivity index (χ2v) is 10.9. The summed E-state index contributed by atoms with van der Waals surface area (Å²) in [4.78, 5) is 24.6. The number of nitrogens with zero attached hydrogens (tertiary/aromatic N) is 1. The maximum absolute atomic E-state index is 13.4. The van der Waals surface area contributed by atoms with Crippen LogP contribution in [-0.2, 0) is 25.8 Å². The van der Waals surface area contributed by atoms with Gasteiger partial charge in [0.25, 0.3) is 0 Å². The number of allylic oxidation sites excluding steroid dienone is 2. The van der Waals surface area contributed by atoms with Crippen LogP contribution >= 0.6 is 0 Å². The Bertz CT molecular complexity index is 1010. The number of aromatic hydroxyl groups is 2. The number of carbonyl (C=O) groups is 2. The number of rotatable bonds is 9. The van der Waals surface area contributed by atoms with Gasteiger partial charge >= 0.3 is 0 Å². The molecule has 7 nitrogen and oxygen atoms in total. The lowest BCUT2D eigenvalue weighted by Gasteiger charge is -2.24. The molecule has 2 amide bonds. The summed E-state index contributed by atoms with van der Waals surface area (Å²) in [5.74, 6) is -1.94. The third-order valence-corrected chi connectivity index (χ3v) is 8.19. The fraction of sp³-hybridized carbons (Fsp3) is 0.583. The molecule has 32 heavy (non-hydrogen) atoms. The van der Waals surface area contributed by atoms with Gasteiger partial charge in [0.05, 0.1) is 5.75 Å². The molecule has 0 spiro atoms. The first-order valence-electron chi connectivity index (χ1n) is 11.5. The van der Waals surface area contributed by atoms with Crippen LogP contribution in [0, 0.1) is 0 Å². The first-order valence-corrected chi connectivity index (χ1v) is 13.1. The zero-order valence-electron chi connectivity index (χ0n) is 18.9. The molecule has 1 unspecified atom stereocenters. The van der Waals surface area contributed by atoms with E-state index >= 15 is 0 Å². The first-order chi connectivity index (χ1) is 15.2. The van der Waals surface area contributed by atoms with Crippen molar-refractivity contribution in [3.8, 4) is 11.5 Å². The van der Waals surface area contributed by atoms with E-state index in [1.165, 1.54) is 6.07 Å². The van der Waals surface area contributed by atoms with E-state index < -0.39 is 21.3 Å². The van der Waals surface area contributed by atoms with Crippen molar-refractivity contribution in [1.29, 1.82) is 0 Å². The summed E-state index contributed by atoms with van der Waals surface area (Å²) in [6.07, 6.45) is 7.70. The molecule has 2 aliphatic rings. The average molecular weight is 464 g/mol. The van der Waals surface area contributed by atoms with Gasteiger partial charge in [0.1, 0.15) is 16.4 Å². The molecule has 1 saturated heterocycles. The van der Waals surface area contributed by atoms with Crippen molar-refractivity contribution in [1.82, 2.24) is 4.90 Å². The van der Waals surface area contributed by atoms with Gasteiger partial charge in [0.2, 0.25) is 11.8 Å². The minimum absolute atomic E-state index is 0.0891. The predicted octanol–water partition coefficient (Wildman–Crippen LogP) is 3.97.